The van der Waals surface area contributed by atoms with Crippen LogP contribution in [0.15, 0.2) is 0 Å². The van der Waals surface area contributed by atoms with E-state index in [-0.39, 0.29) is 5.97 Å². The molecule has 0 amide bonds. The van der Waals surface area contributed by atoms with Crippen LogP contribution in [0.3, 0.4) is 0 Å². The summed E-state index contributed by atoms with van der Waals surface area (Å²) in [6, 6.07) is 0. The summed E-state index contributed by atoms with van der Waals surface area (Å²) in [5, 5.41) is 8.20. The summed E-state index contributed by atoms with van der Waals surface area (Å²) in [5.74, 6) is -0.866. The fourth-order valence-corrected chi connectivity index (χ4v) is 0.806. The van der Waals surface area contributed by atoms with Crippen LogP contribution in [0.5, 0.6) is 0 Å². The number of rotatable bonds is 1. The van der Waals surface area contributed by atoms with Crippen LogP contribution in [-0.2, 0) is 14.3 Å². The highest BCUT2D eigenvalue weighted by Gasteiger charge is 2.21. The lowest BCUT2D eigenvalue weighted by molar-refractivity contribution is -0.142. The average Bonchev–Trinajstić information content (AvgIpc) is 2.32. The van der Waals surface area contributed by atoms with Gasteiger partial charge in [-0.2, -0.15) is 0 Å². The number of halogens is 1. The molecule has 1 N–H and O–H groups in total. The SMILES string of the molecule is CC(C)(Br)C(=O)O.O=C1CCCCCO1. The zero-order valence-corrected chi connectivity index (χ0v) is 10.7. The third kappa shape index (κ3) is 8.42. The summed E-state index contributed by atoms with van der Waals surface area (Å²) in [4.78, 5) is 20.4. The lowest BCUT2D eigenvalue weighted by Crippen LogP contribution is -2.22. The second-order valence-corrected chi connectivity index (χ2v) is 5.79. The average molecular weight is 281 g/mol. The van der Waals surface area contributed by atoms with Crippen molar-refractivity contribution in [1.82, 2.24) is 0 Å². The van der Waals surface area contributed by atoms with E-state index in [0.29, 0.717) is 13.0 Å². The van der Waals surface area contributed by atoms with E-state index in [1.165, 1.54) is 0 Å². The van der Waals surface area contributed by atoms with Gasteiger partial charge in [-0.25, -0.2) is 0 Å². The fourth-order valence-electron chi connectivity index (χ4n) is 0.806. The molecule has 0 spiro atoms. The van der Waals surface area contributed by atoms with Crippen molar-refractivity contribution in [3.63, 3.8) is 0 Å². The maximum Gasteiger partial charge on any atom is 0.319 e. The highest BCUT2D eigenvalue weighted by Crippen LogP contribution is 2.14. The van der Waals surface area contributed by atoms with Crippen LogP contribution in [0.1, 0.15) is 39.5 Å². The van der Waals surface area contributed by atoms with Crippen molar-refractivity contribution < 1.29 is 19.4 Å². The van der Waals surface area contributed by atoms with Gasteiger partial charge in [-0.1, -0.05) is 15.9 Å². The first-order valence-corrected chi connectivity index (χ1v) is 5.71. The molecule has 0 radical (unpaired) electrons. The molecule has 4 nitrogen and oxygen atoms in total. The summed E-state index contributed by atoms with van der Waals surface area (Å²) < 4.78 is 3.99. The van der Waals surface area contributed by atoms with Crippen LogP contribution in [0, 0.1) is 0 Å². The highest BCUT2D eigenvalue weighted by atomic mass is 79.9. The van der Waals surface area contributed by atoms with E-state index < -0.39 is 10.3 Å². The van der Waals surface area contributed by atoms with Gasteiger partial charge in [0, 0.05) is 6.42 Å². The van der Waals surface area contributed by atoms with E-state index in [4.69, 9.17) is 9.84 Å². The molecule has 15 heavy (non-hydrogen) atoms. The number of esters is 1. The topological polar surface area (TPSA) is 63.6 Å². The van der Waals surface area contributed by atoms with Gasteiger partial charge in [0.15, 0.2) is 0 Å². The normalized spacial score (nSPS) is 16.9. The van der Waals surface area contributed by atoms with E-state index in [9.17, 15) is 9.59 Å². The Morgan fingerprint density at radius 3 is 2.40 bits per heavy atom. The lowest BCUT2D eigenvalue weighted by Gasteiger charge is -2.06. The molecule has 1 rings (SSSR count). The molecule has 1 fully saturated rings. The third-order valence-electron chi connectivity index (χ3n) is 1.80. The number of carbonyl (C=O) groups is 2. The molecule has 0 atom stereocenters. The number of alkyl halides is 1. The maximum absolute atomic E-state index is 10.5. The zero-order chi connectivity index (χ0) is 11.9. The minimum absolute atomic E-state index is 0.0255. The predicted molar refractivity (Wildman–Crippen MR) is 60.1 cm³/mol. The van der Waals surface area contributed by atoms with Gasteiger partial charge in [0.1, 0.15) is 4.32 Å². The summed E-state index contributed by atoms with van der Waals surface area (Å²) >= 11 is 2.94. The largest absolute Gasteiger partial charge is 0.480 e. The lowest BCUT2D eigenvalue weighted by atomic mass is 10.2. The fraction of sp³-hybridized carbons (Fsp3) is 0.800. The molecule has 0 bridgehead atoms. The van der Waals surface area contributed by atoms with E-state index >= 15 is 0 Å². The summed E-state index contributed by atoms with van der Waals surface area (Å²) in [6.45, 7) is 3.80. The molecule has 0 unspecified atom stereocenters. The third-order valence-corrected chi connectivity index (χ3v) is 2.14. The van der Waals surface area contributed by atoms with Crippen molar-refractivity contribution in [3.8, 4) is 0 Å². The zero-order valence-electron chi connectivity index (χ0n) is 9.09. The van der Waals surface area contributed by atoms with Crippen LogP contribution in [0.4, 0.5) is 0 Å². The van der Waals surface area contributed by atoms with Gasteiger partial charge in [-0.05, 0) is 33.1 Å². The Labute approximate surface area is 98.1 Å². The standard InChI is InChI=1S/C6H10O2.C4H7BrO2/c7-6-4-2-1-3-5-8-6;1-4(2,5)3(6)7/h1-5H2;1-2H3,(H,6,7). The first kappa shape index (κ1) is 14.4. The Morgan fingerprint density at radius 1 is 1.40 bits per heavy atom. The molecule has 5 heteroatoms. The number of cyclic esters (lactones) is 1. The van der Waals surface area contributed by atoms with Crippen molar-refractivity contribution in [2.45, 2.75) is 43.9 Å². The van der Waals surface area contributed by atoms with Gasteiger partial charge in [-0.15, -0.1) is 0 Å². The quantitative estimate of drug-likeness (QED) is 0.592. The molecule has 0 aromatic carbocycles. The van der Waals surface area contributed by atoms with E-state index in [0.717, 1.165) is 19.3 Å². The maximum atomic E-state index is 10.5. The van der Waals surface area contributed by atoms with Crippen LogP contribution >= 0.6 is 15.9 Å². The Morgan fingerprint density at radius 2 is 1.93 bits per heavy atom. The highest BCUT2D eigenvalue weighted by molar-refractivity contribution is 9.10. The number of carboxylic acid groups (broad SMARTS) is 1. The molecule has 1 heterocycles. The smallest absolute Gasteiger partial charge is 0.319 e. The Kier molecular flexibility index (Phi) is 6.56. The van der Waals surface area contributed by atoms with Crippen molar-refractivity contribution in [2.75, 3.05) is 6.61 Å². The van der Waals surface area contributed by atoms with Crippen LogP contribution in [0.25, 0.3) is 0 Å². The van der Waals surface area contributed by atoms with Crippen molar-refractivity contribution in [3.05, 3.63) is 0 Å². The van der Waals surface area contributed by atoms with Gasteiger partial charge < -0.3 is 9.84 Å². The monoisotopic (exact) mass is 280 g/mol. The number of hydrogen-bond acceptors (Lipinski definition) is 3. The molecular weight excluding hydrogens is 264 g/mol. The summed E-state index contributed by atoms with van der Waals surface area (Å²) in [5.41, 5.74) is 0. The molecule has 0 saturated carbocycles. The van der Waals surface area contributed by atoms with Gasteiger partial charge in [0.05, 0.1) is 6.61 Å². The van der Waals surface area contributed by atoms with Crippen molar-refractivity contribution in [2.24, 2.45) is 0 Å². The van der Waals surface area contributed by atoms with Gasteiger partial charge in [-0.3, -0.25) is 9.59 Å². The molecule has 88 valence electrons. The number of aliphatic carboxylic acids is 1. The minimum atomic E-state index is -0.840. The molecular formula is C10H17BrO4. The van der Waals surface area contributed by atoms with Crippen molar-refractivity contribution >= 4 is 27.9 Å². The molecule has 1 aliphatic rings. The minimum Gasteiger partial charge on any atom is -0.480 e. The van der Waals surface area contributed by atoms with Crippen LogP contribution in [0.2, 0.25) is 0 Å². The molecule has 0 aliphatic carbocycles. The first-order chi connectivity index (χ1) is 6.84. The molecule has 0 aromatic heterocycles. The molecule has 1 aliphatic heterocycles. The Balaban J connectivity index is 0.000000265. The van der Waals surface area contributed by atoms with Crippen LogP contribution in [-0.4, -0.2) is 28.0 Å². The van der Waals surface area contributed by atoms with E-state index in [2.05, 4.69) is 15.9 Å². The molecule has 1 saturated heterocycles. The van der Waals surface area contributed by atoms with E-state index in [1.54, 1.807) is 13.8 Å². The second kappa shape index (κ2) is 6.82. The number of carboxylic acids is 1. The predicted octanol–water partition coefficient (Wildman–Crippen LogP) is 2.35. The second-order valence-electron chi connectivity index (χ2n) is 3.81. The van der Waals surface area contributed by atoms with Crippen molar-refractivity contribution in [1.29, 1.82) is 0 Å². The van der Waals surface area contributed by atoms with Gasteiger partial charge in [0.25, 0.3) is 0 Å². The van der Waals surface area contributed by atoms with Gasteiger partial charge in [0.2, 0.25) is 0 Å². The number of hydrogen-bond donors (Lipinski definition) is 1. The van der Waals surface area contributed by atoms with Gasteiger partial charge >= 0.3 is 11.9 Å². The number of carbonyl (C=O) groups excluding carboxylic acids is 1. The van der Waals surface area contributed by atoms with E-state index in [1.807, 2.05) is 0 Å². The number of ether oxygens (including phenoxy) is 1. The van der Waals surface area contributed by atoms with Crippen LogP contribution < -0.4 is 0 Å². The molecule has 0 aromatic rings. The Bertz CT molecular complexity index is 210. The summed E-state index contributed by atoms with van der Waals surface area (Å²) in [7, 11) is 0. The Hall–Kier alpha value is -0.580. The summed E-state index contributed by atoms with van der Waals surface area (Å²) in [6.07, 6.45) is 3.83. The first-order valence-electron chi connectivity index (χ1n) is 4.92.